The molecule has 0 atom stereocenters. The zero-order valence-electron chi connectivity index (χ0n) is 15.8. The third kappa shape index (κ3) is 5.28. The number of hydrogen-bond acceptors (Lipinski definition) is 2. The quantitative estimate of drug-likeness (QED) is 0.593. The van der Waals surface area contributed by atoms with Gasteiger partial charge in [0.15, 0.2) is 5.96 Å². The number of rotatable bonds is 6. The smallest absolute Gasteiger partial charge is 0.222 e. The second kappa shape index (κ2) is 9.30. The number of nitrogens with zero attached hydrogens (tertiary/aromatic N) is 2. The van der Waals surface area contributed by atoms with Crippen LogP contribution in [0.5, 0.6) is 0 Å². The van der Waals surface area contributed by atoms with Gasteiger partial charge in [-0.3, -0.25) is 9.79 Å². The lowest BCUT2D eigenvalue weighted by Gasteiger charge is -2.16. The minimum atomic E-state index is -0.477. The van der Waals surface area contributed by atoms with Crippen molar-refractivity contribution in [3.8, 4) is 0 Å². The molecule has 1 amide bonds. The van der Waals surface area contributed by atoms with Crippen LogP contribution in [0.4, 0.5) is 8.78 Å². The van der Waals surface area contributed by atoms with Gasteiger partial charge in [0.05, 0.1) is 0 Å². The number of benzene rings is 2. The number of hydrogen-bond donors (Lipinski definition) is 2. The second-order valence-electron chi connectivity index (χ2n) is 6.75. The molecular weight excluding hydrogens is 362 g/mol. The van der Waals surface area contributed by atoms with Crippen LogP contribution in [0, 0.1) is 11.6 Å². The first kappa shape index (κ1) is 19.8. The first-order valence-electron chi connectivity index (χ1n) is 9.29. The lowest BCUT2D eigenvalue weighted by molar-refractivity contribution is -0.128. The van der Waals surface area contributed by atoms with Crippen LogP contribution in [0.3, 0.4) is 0 Å². The minimum absolute atomic E-state index is 0.125. The molecule has 2 aromatic carbocycles. The molecule has 7 heteroatoms. The molecule has 5 nitrogen and oxygen atoms in total. The topological polar surface area (TPSA) is 56.7 Å². The van der Waals surface area contributed by atoms with Gasteiger partial charge in [0.2, 0.25) is 5.91 Å². The van der Waals surface area contributed by atoms with E-state index in [9.17, 15) is 13.6 Å². The largest absolute Gasteiger partial charge is 0.352 e. The van der Waals surface area contributed by atoms with Gasteiger partial charge in [-0.1, -0.05) is 24.3 Å². The summed E-state index contributed by atoms with van der Waals surface area (Å²) in [6.07, 6.45) is 1.56. The summed E-state index contributed by atoms with van der Waals surface area (Å²) >= 11 is 0. The van der Waals surface area contributed by atoms with E-state index in [-0.39, 0.29) is 18.0 Å². The number of amides is 1. The predicted molar refractivity (Wildman–Crippen MR) is 104 cm³/mol. The van der Waals surface area contributed by atoms with Crippen molar-refractivity contribution in [3.63, 3.8) is 0 Å². The van der Waals surface area contributed by atoms with Crippen LogP contribution in [0.1, 0.15) is 29.5 Å². The second-order valence-corrected chi connectivity index (χ2v) is 6.75. The number of halogens is 2. The average molecular weight is 386 g/mol. The van der Waals surface area contributed by atoms with E-state index in [1.165, 1.54) is 6.07 Å². The van der Waals surface area contributed by atoms with E-state index in [1.54, 1.807) is 7.05 Å². The normalized spacial score (nSPS) is 14.5. The van der Waals surface area contributed by atoms with Gasteiger partial charge in [-0.15, -0.1) is 0 Å². The van der Waals surface area contributed by atoms with Gasteiger partial charge < -0.3 is 15.5 Å². The lowest BCUT2D eigenvalue weighted by atomic mass is 10.1. The predicted octanol–water partition coefficient (Wildman–Crippen LogP) is 2.95. The van der Waals surface area contributed by atoms with Crippen molar-refractivity contribution >= 4 is 11.9 Å². The van der Waals surface area contributed by atoms with Gasteiger partial charge in [0.1, 0.15) is 11.6 Å². The number of likely N-dealkylation sites (tertiary alicyclic amines) is 1. The molecule has 2 aromatic rings. The highest BCUT2D eigenvalue weighted by Crippen LogP contribution is 2.15. The van der Waals surface area contributed by atoms with E-state index in [4.69, 9.17) is 0 Å². The van der Waals surface area contributed by atoms with Crippen molar-refractivity contribution < 1.29 is 13.6 Å². The first-order chi connectivity index (χ1) is 13.5. The van der Waals surface area contributed by atoms with Crippen LogP contribution < -0.4 is 10.6 Å². The van der Waals surface area contributed by atoms with Gasteiger partial charge in [-0.25, -0.2) is 8.78 Å². The van der Waals surface area contributed by atoms with Crippen molar-refractivity contribution in [2.45, 2.75) is 32.5 Å². The Morgan fingerprint density at radius 3 is 2.64 bits per heavy atom. The molecule has 0 unspecified atom stereocenters. The Morgan fingerprint density at radius 2 is 1.89 bits per heavy atom. The van der Waals surface area contributed by atoms with Crippen molar-refractivity contribution in [1.82, 2.24) is 15.5 Å². The molecule has 2 N–H and O–H groups in total. The Labute approximate surface area is 163 Å². The lowest BCUT2D eigenvalue weighted by Crippen LogP contribution is -2.36. The van der Waals surface area contributed by atoms with E-state index in [1.807, 2.05) is 23.1 Å². The molecule has 1 aliphatic heterocycles. The van der Waals surface area contributed by atoms with Crippen molar-refractivity contribution in [1.29, 1.82) is 0 Å². The van der Waals surface area contributed by atoms with Gasteiger partial charge in [-0.05, 0) is 35.7 Å². The third-order valence-corrected chi connectivity index (χ3v) is 4.67. The van der Waals surface area contributed by atoms with Gasteiger partial charge in [0.25, 0.3) is 0 Å². The van der Waals surface area contributed by atoms with Crippen molar-refractivity contribution in [2.24, 2.45) is 4.99 Å². The maximum atomic E-state index is 13.7. The molecule has 1 aliphatic rings. The maximum absolute atomic E-state index is 13.7. The molecule has 1 saturated heterocycles. The van der Waals surface area contributed by atoms with Crippen molar-refractivity contribution in [2.75, 3.05) is 13.6 Å². The monoisotopic (exact) mass is 386 g/mol. The molecule has 0 aromatic heterocycles. The fraction of sp³-hybridized carbons (Fsp3) is 0.333. The van der Waals surface area contributed by atoms with Gasteiger partial charge >= 0.3 is 0 Å². The zero-order chi connectivity index (χ0) is 19.9. The van der Waals surface area contributed by atoms with Crippen molar-refractivity contribution in [3.05, 3.63) is 70.8 Å². The van der Waals surface area contributed by atoms with Gasteiger partial charge in [0, 0.05) is 45.2 Å². The van der Waals surface area contributed by atoms with E-state index >= 15 is 0 Å². The summed E-state index contributed by atoms with van der Waals surface area (Å²) in [4.78, 5) is 17.8. The molecule has 148 valence electrons. The number of carbonyl (C=O) groups excluding carboxylic acids is 1. The van der Waals surface area contributed by atoms with Crippen LogP contribution in [0.25, 0.3) is 0 Å². The number of carbonyl (C=O) groups is 1. The highest BCUT2D eigenvalue weighted by Gasteiger charge is 2.19. The first-order valence-corrected chi connectivity index (χ1v) is 9.29. The van der Waals surface area contributed by atoms with Crippen LogP contribution in [-0.4, -0.2) is 30.4 Å². The van der Waals surface area contributed by atoms with Crippen LogP contribution in [0.15, 0.2) is 47.5 Å². The summed E-state index contributed by atoms with van der Waals surface area (Å²) in [5.41, 5.74) is 2.36. The summed E-state index contributed by atoms with van der Waals surface area (Å²) in [7, 11) is 1.62. The zero-order valence-corrected chi connectivity index (χ0v) is 15.8. The average Bonchev–Trinajstić information content (AvgIpc) is 3.09. The van der Waals surface area contributed by atoms with E-state index in [0.29, 0.717) is 25.5 Å². The SMILES string of the molecule is CN=C(NCc1cccc(CN2CCCC2=O)c1)NCc1cc(F)ccc1F. The number of nitrogens with one attached hydrogen (secondary N) is 2. The Morgan fingerprint density at radius 1 is 1.11 bits per heavy atom. The van der Waals surface area contributed by atoms with Gasteiger partial charge in [-0.2, -0.15) is 0 Å². The minimum Gasteiger partial charge on any atom is -0.352 e. The molecule has 0 saturated carbocycles. The van der Waals surface area contributed by atoms with E-state index < -0.39 is 11.6 Å². The maximum Gasteiger partial charge on any atom is 0.222 e. The van der Waals surface area contributed by atoms with E-state index in [0.717, 1.165) is 36.2 Å². The molecule has 1 heterocycles. The molecule has 28 heavy (non-hydrogen) atoms. The van der Waals surface area contributed by atoms with Crippen LogP contribution in [-0.2, 0) is 24.4 Å². The van der Waals surface area contributed by atoms with E-state index in [2.05, 4.69) is 21.7 Å². The van der Waals surface area contributed by atoms with Crippen LogP contribution >= 0.6 is 0 Å². The Balaban J connectivity index is 1.54. The standard InChI is InChI=1S/C21H24F2N4O/c1-24-21(26-13-17-11-18(22)7-8-19(17)23)25-12-15-4-2-5-16(10-15)14-27-9-3-6-20(27)28/h2,4-5,7-8,10-11H,3,6,9,12-14H2,1H3,(H2,24,25,26). The summed E-state index contributed by atoms with van der Waals surface area (Å²) in [6.45, 7) is 2.08. The fourth-order valence-corrected chi connectivity index (χ4v) is 3.19. The molecule has 3 rings (SSSR count). The Hall–Kier alpha value is -2.96. The molecular formula is C21H24F2N4O. The summed E-state index contributed by atoms with van der Waals surface area (Å²) in [6, 6.07) is 11.4. The summed E-state index contributed by atoms with van der Waals surface area (Å²) in [5, 5.41) is 6.14. The molecule has 0 spiro atoms. The molecule has 0 bridgehead atoms. The Bertz CT molecular complexity index is 869. The number of guanidine groups is 1. The molecule has 0 radical (unpaired) electrons. The highest BCUT2D eigenvalue weighted by molar-refractivity contribution is 5.79. The fourth-order valence-electron chi connectivity index (χ4n) is 3.19. The molecule has 0 aliphatic carbocycles. The summed E-state index contributed by atoms with van der Waals surface area (Å²) in [5.74, 6) is -0.246. The van der Waals surface area contributed by atoms with Crippen LogP contribution in [0.2, 0.25) is 0 Å². The molecule has 1 fully saturated rings. The third-order valence-electron chi connectivity index (χ3n) is 4.67. The Kier molecular flexibility index (Phi) is 6.57. The highest BCUT2D eigenvalue weighted by atomic mass is 19.1. The number of aliphatic imine (C=N–C) groups is 1. The summed E-state index contributed by atoms with van der Waals surface area (Å²) < 4.78 is 27.0.